The van der Waals surface area contributed by atoms with Gasteiger partial charge in [-0.3, -0.25) is 4.90 Å². The summed E-state index contributed by atoms with van der Waals surface area (Å²) in [6, 6.07) is 8.25. The lowest BCUT2D eigenvalue weighted by Gasteiger charge is -2.22. The predicted octanol–water partition coefficient (Wildman–Crippen LogP) is 2.59. The van der Waals surface area contributed by atoms with Crippen LogP contribution in [0.1, 0.15) is 18.9 Å². The summed E-state index contributed by atoms with van der Waals surface area (Å²) in [5.74, 6) is 0. The van der Waals surface area contributed by atoms with Gasteiger partial charge >= 0.3 is 6.09 Å². The summed E-state index contributed by atoms with van der Waals surface area (Å²) in [5, 5.41) is 0. The lowest BCUT2D eigenvalue weighted by atomic mass is 10.1. The summed E-state index contributed by atoms with van der Waals surface area (Å²) >= 11 is 0. The molecular weight excluding hydrogens is 190 g/mol. The number of fused-ring (bicyclic) bond motifs is 1. The number of ether oxygens (including phenoxy) is 1. The van der Waals surface area contributed by atoms with Crippen LogP contribution in [0.2, 0.25) is 0 Å². The van der Waals surface area contributed by atoms with Gasteiger partial charge in [-0.15, -0.1) is 0 Å². The molecule has 1 atom stereocenters. The van der Waals surface area contributed by atoms with Crippen LogP contribution in [0, 0.1) is 0 Å². The van der Waals surface area contributed by atoms with Crippen molar-refractivity contribution in [1.82, 2.24) is 0 Å². The third-order valence-electron chi connectivity index (χ3n) is 2.91. The molecule has 0 fully saturated rings. The Bertz CT molecular complexity index is 376. The summed E-state index contributed by atoms with van der Waals surface area (Å²) in [6.45, 7) is 2.09. The second kappa shape index (κ2) is 3.93. The molecule has 80 valence electrons. The molecule has 0 N–H and O–H groups in total. The van der Waals surface area contributed by atoms with Gasteiger partial charge in [0, 0.05) is 6.04 Å². The number of benzene rings is 1. The van der Waals surface area contributed by atoms with Crippen molar-refractivity contribution in [3.8, 4) is 0 Å². The minimum atomic E-state index is -0.258. The van der Waals surface area contributed by atoms with Gasteiger partial charge in [0.2, 0.25) is 0 Å². The number of para-hydroxylation sites is 1. The molecule has 1 aliphatic rings. The Morgan fingerprint density at radius 1 is 1.53 bits per heavy atom. The number of carbonyl (C=O) groups excluding carboxylic acids is 1. The van der Waals surface area contributed by atoms with E-state index >= 15 is 0 Å². The summed E-state index contributed by atoms with van der Waals surface area (Å²) in [4.78, 5) is 13.4. The molecule has 0 bridgehead atoms. The van der Waals surface area contributed by atoms with Crippen molar-refractivity contribution in [2.45, 2.75) is 25.8 Å². The zero-order chi connectivity index (χ0) is 10.8. The first-order chi connectivity index (χ1) is 7.27. The Labute approximate surface area is 89.7 Å². The summed E-state index contributed by atoms with van der Waals surface area (Å²) in [5.41, 5.74) is 2.23. The van der Waals surface area contributed by atoms with E-state index in [-0.39, 0.29) is 12.1 Å². The van der Waals surface area contributed by atoms with E-state index in [0.717, 1.165) is 18.5 Å². The first kappa shape index (κ1) is 10.0. The van der Waals surface area contributed by atoms with E-state index in [1.165, 1.54) is 12.7 Å². The molecule has 0 spiro atoms. The molecule has 3 heteroatoms. The van der Waals surface area contributed by atoms with E-state index in [0.29, 0.717) is 0 Å². The average Bonchev–Trinajstić information content (AvgIpc) is 2.66. The van der Waals surface area contributed by atoms with Crippen molar-refractivity contribution in [1.29, 1.82) is 0 Å². The average molecular weight is 205 g/mol. The molecule has 1 heterocycles. The van der Waals surface area contributed by atoms with Crippen LogP contribution in [-0.4, -0.2) is 19.2 Å². The van der Waals surface area contributed by atoms with Crippen LogP contribution in [0.25, 0.3) is 0 Å². The number of nitrogens with zero attached hydrogens (tertiary/aromatic N) is 1. The molecular formula is C12H15NO2. The molecule has 0 aliphatic carbocycles. The van der Waals surface area contributed by atoms with Crippen molar-refractivity contribution >= 4 is 11.8 Å². The number of amides is 1. The van der Waals surface area contributed by atoms with Crippen LogP contribution in [0.4, 0.5) is 10.5 Å². The van der Waals surface area contributed by atoms with Gasteiger partial charge in [0.1, 0.15) is 0 Å². The van der Waals surface area contributed by atoms with Gasteiger partial charge in [0.25, 0.3) is 0 Å². The van der Waals surface area contributed by atoms with E-state index in [4.69, 9.17) is 4.74 Å². The van der Waals surface area contributed by atoms with E-state index in [9.17, 15) is 4.79 Å². The smallest absolute Gasteiger partial charge is 0.414 e. The lowest BCUT2D eigenvalue weighted by Crippen LogP contribution is -2.37. The third kappa shape index (κ3) is 1.58. The summed E-state index contributed by atoms with van der Waals surface area (Å²) in [7, 11) is 1.43. The fourth-order valence-electron chi connectivity index (χ4n) is 2.13. The molecule has 2 rings (SSSR count). The molecule has 15 heavy (non-hydrogen) atoms. The maximum absolute atomic E-state index is 11.6. The highest BCUT2D eigenvalue weighted by atomic mass is 16.5. The molecule has 0 saturated carbocycles. The fraction of sp³-hybridized carbons (Fsp3) is 0.417. The zero-order valence-electron chi connectivity index (χ0n) is 9.06. The topological polar surface area (TPSA) is 29.5 Å². The van der Waals surface area contributed by atoms with Crippen LogP contribution < -0.4 is 4.90 Å². The molecule has 1 aliphatic heterocycles. The lowest BCUT2D eigenvalue weighted by molar-refractivity contribution is 0.176. The molecule has 1 aromatic rings. The number of carbonyl (C=O) groups is 1. The second-order valence-electron chi connectivity index (χ2n) is 3.73. The Morgan fingerprint density at radius 3 is 2.93 bits per heavy atom. The van der Waals surface area contributed by atoms with Crippen molar-refractivity contribution in [3.63, 3.8) is 0 Å². The fourth-order valence-corrected chi connectivity index (χ4v) is 2.13. The van der Waals surface area contributed by atoms with Crippen molar-refractivity contribution in [2.75, 3.05) is 12.0 Å². The monoisotopic (exact) mass is 205 g/mol. The SMILES string of the molecule is CC[C@H]1Cc2ccccc2N1C(=O)OC. The second-order valence-corrected chi connectivity index (χ2v) is 3.73. The number of anilines is 1. The van der Waals surface area contributed by atoms with Crippen LogP contribution >= 0.6 is 0 Å². The van der Waals surface area contributed by atoms with E-state index in [1.54, 1.807) is 4.90 Å². The Balaban J connectivity index is 2.38. The quantitative estimate of drug-likeness (QED) is 0.705. The van der Waals surface area contributed by atoms with Gasteiger partial charge in [0.15, 0.2) is 0 Å². The highest BCUT2D eigenvalue weighted by Crippen LogP contribution is 2.33. The van der Waals surface area contributed by atoms with Gasteiger partial charge in [-0.25, -0.2) is 4.79 Å². The maximum Gasteiger partial charge on any atom is 0.414 e. The van der Waals surface area contributed by atoms with E-state index < -0.39 is 0 Å². The molecule has 0 saturated heterocycles. The Hall–Kier alpha value is -1.51. The van der Waals surface area contributed by atoms with Crippen LogP contribution in [0.5, 0.6) is 0 Å². The molecule has 1 aromatic carbocycles. The first-order valence-electron chi connectivity index (χ1n) is 5.23. The van der Waals surface area contributed by atoms with E-state index in [1.807, 2.05) is 18.2 Å². The van der Waals surface area contributed by atoms with Crippen LogP contribution in [0.15, 0.2) is 24.3 Å². The van der Waals surface area contributed by atoms with Crippen LogP contribution in [-0.2, 0) is 11.2 Å². The molecule has 0 aromatic heterocycles. The zero-order valence-corrected chi connectivity index (χ0v) is 9.06. The standard InChI is InChI=1S/C12H15NO2/c1-3-10-8-9-6-4-5-7-11(9)13(10)12(14)15-2/h4-7,10H,3,8H2,1-2H3/t10-/m0/s1. The predicted molar refractivity (Wildman–Crippen MR) is 59.1 cm³/mol. The minimum Gasteiger partial charge on any atom is -0.452 e. The normalized spacial score (nSPS) is 18.8. The van der Waals surface area contributed by atoms with E-state index in [2.05, 4.69) is 13.0 Å². The van der Waals surface area contributed by atoms with Crippen molar-refractivity contribution < 1.29 is 9.53 Å². The first-order valence-corrected chi connectivity index (χ1v) is 5.23. The van der Waals surface area contributed by atoms with Crippen molar-refractivity contribution in [2.24, 2.45) is 0 Å². The summed E-state index contributed by atoms with van der Waals surface area (Å²) in [6.07, 6.45) is 1.62. The number of hydrogen-bond donors (Lipinski definition) is 0. The van der Waals surface area contributed by atoms with Gasteiger partial charge in [0.05, 0.1) is 12.8 Å². The molecule has 3 nitrogen and oxygen atoms in total. The molecule has 0 radical (unpaired) electrons. The van der Waals surface area contributed by atoms with Gasteiger partial charge in [-0.1, -0.05) is 25.1 Å². The highest BCUT2D eigenvalue weighted by molar-refractivity contribution is 5.91. The van der Waals surface area contributed by atoms with Gasteiger partial charge in [-0.2, -0.15) is 0 Å². The number of rotatable bonds is 1. The van der Waals surface area contributed by atoms with Gasteiger partial charge in [-0.05, 0) is 24.5 Å². The number of hydrogen-bond acceptors (Lipinski definition) is 2. The highest BCUT2D eigenvalue weighted by Gasteiger charge is 2.32. The largest absolute Gasteiger partial charge is 0.452 e. The maximum atomic E-state index is 11.6. The summed E-state index contributed by atoms with van der Waals surface area (Å²) < 4.78 is 4.81. The number of methoxy groups -OCH3 is 1. The molecule has 1 amide bonds. The van der Waals surface area contributed by atoms with Gasteiger partial charge < -0.3 is 4.74 Å². The van der Waals surface area contributed by atoms with Crippen LogP contribution in [0.3, 0.4) is 0 Å². The Kier molecular flexibility index (Phi) is 2.62. The minimum absolute atomic E-state index is 0.245. The molecule has 0 unspecified atom stereocenters. The van der Waals surface area contributed by atoms with Crippen molar-refractivity contribution in [3.05, 3.63) is 29.8 Å². The third-order valence-corrected chi connectivity index (χ3v) is 2.91. The Morgan fingerprint density at radius 2 is 2.27 bits per heavy atom.